The molecule has 1 N–H and O–H groups in total. The molecule has 33 heavy (non-hydrogen) atoms. The van der Waals surface area contributed by atoms with E-state index in [-0.39, 0.29) is 33.5 Å². The fourth-order valence-corrected chi connectivity index (χ4v) is 9.22. The Labute approximate surface area is 201 Å². The third-order valence-corrected chi connectivity index (χ3v) is 11.4. The molecule has 0 aromatic rings. The first kappa shape index (κ1) is 24.7. The minimum Gasteiger partial charge on any atom is -0.481 e. The fourth-order valence-electron chi connectivity index (χ4n) is 9.22. The number of allylic oxidation sites excluding steroid dienone is 4. The summed E-state index contributed by atoms with van der Waals surface area (Å²) in [5.41, 5.74) is 4.63. The predicted molar refractivity (Wildman–Crippen MR) is 134 cm³/mol. The lowest BCUT2D eigenvalue weighted by atomic mass is 9.43. The van der Waals surface area contributed by atoms with Gasteiger partial charge in [0, 0.05) is 11.8 Å². The van der Waals surface area contributed by atoms with Crippen LogP contribution in [0.5, 0.6) is 0 Å². The summed E-state index contributed by atoms with van der Waals surface area (Å²) in [7, 11) is 0. The van der Waals surface area contributed by atoms with Gasteiger partial charge < -0.3 is 5.11 Å². The summed E-state index contributed by atoms with van der Waals surface area (Å²) in [5, 5.41) is 10.2. The molecule has 0 saturated heterocycles. The zero-order valence-electron chi connectivity index (χ0n) is 22.1. The minimum atomic E-state index is -0.601. The largest absolute Gasteiger partial charge is 0.481 e. The molecule has 0 heterocycles. The van der Waals surface area contributed by atoms with Crippen molar-refractivity contribution in [1.82, 2.24) is 0 Å². The molecule has 3 nitrogen and oxygen atoms in total. The molecule has 0 bridgehead atoms. The molecule has 0 spiro atoms. The van der Waals surface area contributed by atoms with Crippen LogP contribution in [0.1, 0.15) is 113 Å². The van der Waals surface area contributed by atoms with Gasteiger partial charge in [0.15, 0.2) is 0 Å². The molecule has 0 radical (unpaired) electrons. The maximum atomic E-state index is 12.8. The van der Waals surface area contributed by atoms with Crippen LogP contribution >= 0.6 is 0 Å². The highest BCUT2D eigenvalue weighted by molar-refractivity contribution is 5.85. The second-order valence-corrected chi connectivity index (χ2v) is 13.3. The number of Topliss-reactive ketones (excluding diaryl/α,β-unsaturated/α-hetero) is 1. The lowest BCUT2D eigenvalue weighted by molar-refractivity contribution is -0.146. The quantitative estimate of drug-likeness (QED) is 0.432. The van der Waals surface area contributed by atoms with E-state index in [1.807, 2.05) is 0 Å². The van der Waals surface area contributed by atoms with Crippen LogP contribution in [0.4, 0.5) is 0 Å². The second kappa shape index (κ2) is 8.09. The number of carboxylic acid groups (broad SMARTS) is 1. The number of aliphatic carboxylic acids is 1. The summed E-state index contributed by atoms with van der Waals surface area (Å²) < 4.78 is 0. The Morgan fingerprint density at radius 3 is 2.33 bits per heavy atom. The average Bonchev–Trinajstić information content (AvgIpc) is 3.00. The van der Waals surface area contributed by atoms with Crippen molar-refractivity contribution < 1.29 is 14.7 Å². The van der Waals surface area contributed by atoms with Crippen molar-refractivity contribution >= 4 is 11.8 Å². The predicted octanol–water partition coefficient (Wildman–Crippen LogP) is 7.75. The van der Waals surface area contributed by atoms with Crippen molar-refractivity contribution in [3.63, 3.8) is 0 Å². The van der Waals surface area contributed by atoms with E-state index in [2.05, 4.69) is 54.5 Å². The topological polar surface area (TPSA) is 54.4 Å². The maximum absolute atomic E-state index is 12.8. The van der Waals surface area contributed by atoms with Crippen molar-refractivity contribution in [2.75, 3.05) is 0 Å². The molecule has 0 amide bonds. The first-order valence-electron chi connectivity index (χ1n) is 13.4. The number of carbonyl (C=O) groups excluding carboxylic acids is 1. The SMILES string of the molecule is CC(C)=CCC[C@H](C(=O)O)[C@@H]1CC[C@@]2(C)C3=C(CC[C@@]12C)[C@@]1(C)CCC(=O)C(C)(C)[C@@H]1CC3. The second-order valence-electron chi connectivity index (χ2n) is 13.3. The summed E-state index contributed by atoms with van der Waals surface area (Å²) in [6.45, 7) is 15.9. The van der Waals surface area contributed by atoms with Crippen molar-refractivity contribution in [3.05, 3.63) is 22.8 Å². The fraction of sp³-hybridized carbons (Fsp3) is 0.800. The van der Waals surface area contributed by atoms with E-state index in [0.717, 1.165) is 57.8 Å². The number of hydrogen-bond donors (Lipinski definition) is 1. The van der Waals surface area contributed by atoms with Crippen LogP contribution in [0.3, 0.4) is 0 Å². The van der Waals surface area contributed by atoms with E-state index in [4.69, 9.17) is 0 Å². The number of carbonyl (C=O) groups is 2. The molecule has 0 aromatic heterocycles. The molecular weight excluding hydrogens is 408 g/mol. The van der Waals surface area contributed by atoms with Crippen LogP contribution in [0, 0.1) is 39.4 Å². The maximum Gasteiger partial charge on any atom is 0.306 e. The van der Waals surface area contributed by atoms with Crippen LogP contribution in [-0.2, 0) is 9.59 Å². The van der Waals surface area contributed by atoms with Gasteiger partial charge in [-0.3, -0.25) is 9.59 Å². The first-order chi connectivity index (χ1) is 15.3. The Hall–Kier alpha value is -1.38. The van der Waals surface area contributed by atoms with Crippen LogP contribution in [0.2, 0.25) is 0 Å². The van der Waals surface area contributed by atoms with Gasteiger partial charge in [0.25, 0.3) is 0 Å². The Morgan fingerprint density at radius 2 is 1.70 bits per heavy atom. The van der Waals surface area contributed by atoms with Gasteiger partial charge in [-0.05, 0) is 99.7 Å². The van der Waals surface area contributed by atoms with Crippen LogP contribution in [0.25, 0.3) is 0 Å². The van der Waals surface area contributed by atoms with Gasteiger partial charge in [0.2, 0.25) is 0 Å². The van der Waals surface area contributed by atoms with E-state index < -0.39 is 5.97 Å². The molecule has 184 valence electrons. The van der Waals surface area contributed by atoms with Gasteiger partial charge in [0.05, 0.1) is 5.92 Å². The summed E-state index contributed by atoms with van der Waals surface area (Å²) >= 11 is 0. The number of hydrogen-bond acceptors (Lipinski definition) is 2. The number of rotatable bonds is 5. The molecule has 4 aliphatic carbocycles. The molecule has 4 rings (SSSR count). The highest BCUT2D eigenvalue weighted by Gasteiger charge is 2.64. The lowest BCUT2D eigenvalue weighted by Crippen LogP contribution is -2.54. The Bertz CT molecular complexity index is 904. The third-order valence-electron chi connectivity index (χ3n) is 11.4. The van der Waals surface area contributed by atoms with Crippen molar-refractivity contribution in [1.29, 1.82) is 0 Å². The van der Waals surface area contributed by atoms with Gasteiger partial charge in [-0.1, -0.05) is 57.4 Å². The van der Waals surface area contributed by atoms with E-state index in [9.17, 15) is 14.7 Å². The van der Waals surface area contributed by atoms with Gasteiger partial charge in [-0.15, -0.1) is 0 Å². The summed E-state index contributed by atoms with van der Waals surface area (Å²) in [4.78, 5) is 25.2. The van der Waals surface area contributed by atoms with E-state index in [1.165, 1.54) is 5.57 Å². The normalized spacial score (nSPS) is 40.5. The van der Waals surface area contributed by atoms with E-state index >= 15 is 0 Å². The smallest absolute Gasteiger partial charge is 0.306 e. The highest BCUT2D eigenvalue weighted by atomic mass is 16.4. The van der Waals surface area contributed by atoms with Crippen LogP contribution in [-0.4, -0.2) is 16.9 Å². The van der Waals surface area contributed by atoms with Gasteiger partial charge in [-0.25, -0.2) is 0 Å². The van der Waals surface area contributed by atoms with Crippen molar-refractivity contribution in [2.45, 2.75) is 113 Å². The standard InChI is InChI=1S/C30H46O3/c1-19(2)9-8-10-20(26(32)33)21-13-17-30(7)23-11-12-24-27(3,4)25(31)15-16-28(24,5)22(23)14-18-29(21,30)6/h9,20-21,24H,8,10-18H2,1-7H3,(H,32,33)/t20-,21-,24-,28+,29-,30-/m0/s1. The average molecular weight is 455 g/mol. The van der Waals surface area contributed by atoms with Gasteiger partial charge in [0.1, 0.15) is 5.78 Å². The first-order valence-corrected chi connectivity index (χ1v) is 13.4. The summed E-state index contributed by atoms with van der Waals surface area (Å²) in [5.74, 6) is 0.270. The van der Waals surface area contributed by atoms with Crippen molar-refractivity contribution in [3.8, 4) is 0 Å². The molecule has 0 aromatic carbocycles. The van der Waals surface area contributed by atoms with Crippen LogP contribution < -0.4 is 0 Å². The van der Waals surface area contributed by atoms with Gasteiger partial charge in [-0.2, -0.15) is 0 Å². The molecule has 4 aliphatic rings. The molecule has 0 aliphatic heterocycles. The number of fused-ring (bicyclic) bond motifs is 4. The Balaban J connectivity index is 1.70. The number of ketones is 1. The molecule has 2 saturated carbocycles. The Morgan fingerprint density at radius 1 is 1.00 bits per heavy atom. The summed E-state index contributed by atoms with van der Waals surface area (Å²) in [6.07, 6.45) is 12.0. The van der Waals surface area contributed by atoms with E-state index in [0.29, 0.717) is 18.1 Å². The lowest BCUT2D eigenvalue weighted by Gasteiger charge is -2.60. The summed E-state index contributed by atoms with van der Waals surface area (Å²) in [6, 6.07) is 0. The molecule has 3 heteroatoms. The molecule has 2 fully saturated rings. The van der Waals surface area contributed by atoms with Gasteiger partial charge >= 0.3 is 5.97 Å². The minimum absolute atomic E-state index is 0.0447. The zero-order valence-corrected chi connectivity index (χ0v) is 22.1. The highest BCUT2D eigenvalue weighted by Crippen LogP contribution is 2.72. The third kappa shape index (κ3) is 3.50. The Kier molecular flexibility index (Phi) is 6.07. The molecular formula is C30H46O3. The van der Waals surface area contributed by atoms with E-state index in [1.54, 1.807) is 11.1 Å². The van der Waals surface area contributed by atoms with Crippen LogP contribution in [0.15, 0.2) is 22.8 Å². The van der Waals surface area contributed by atoms with Crippen molar-refractivity contribution in [2.24, 2.45) is 39.4 Å². The number of carboxylic acids is 1. The monoisotopic (exact) mass is 454 g/mol. The zero-order chi connectivity index (χ0) is 24.4. The molecule has 0 unspecified atom stereocenters. The molecule has 6 atom stereocenters.